The van der Waals surface area contributed by atoms with Crippen molar-refractivity contribution in [3.63, 3.8) is 0 Å². The predicted octanol–water partition coefficient (Wildman–Crippen LogP) is 4.13. The van der Waals surface area contributed by atoms with Gasteiger partial charge in [0, 0.05) is 12.1 Å². The van der Waals surface area contributed by atoms with E-state index in [2.05, 4.69) is 10.0 Å². The third kappa shape index (κ3) is 4.32. The normalized spacial score (nSPS) is 14.9. The number of fused-ring (bicyclic) bond motifs is 1. The molecule has 1 amide bonds. The molecular formula is C20H23ClN2O4S. The fraction of sp³-hybridized carbons (Fsp3) is 0.350. The summed E-state index contributed by atoms with van der Waals surface area (Å²) in [5.41, 5.74) is 1.26. The number of amides is 1. The van der Waals surface area contributed by atoms with E-state index in [0.29, 0.717) is 5.69 Å². The molecule has 0 aromatic heterocycles. The molecule has 0 saturated heterocycles. The highest BCUT2D eigenvalue weighted by Gasteiger charge is 2.30. The van der Waals surface area contributed by atoms with Crippen LogP contribution in [0, 0.1) is 5.92 Å². The molecule has 0 aliphatic carbocycles. The quantitative estimate of drug-likeness (QED) is 0.702. The van der Waals surface area contributed by atoms with Gasteiger partial charge >= 0.3 is 0 Å². The van der Waals surface area contributed by atoms with Crippen LogP contribution in [0.4, 0.5) is 5.69 Å². The van der Waals surface area contributed by atoms with Crippen molar-refractivity contribution in [1.29, 1.82) is 0 Å². The molecule has 2 aromatic carbocycles. The number of ether oxygens (including phenoxy) is 1. The predicted molar refractivity (Wildman–Crippen MR) is 109 cm³/mol. The molecule has 1 heterocycles. The average Bonchev–Trinajstić information content (AvgIpc) is 2.68. The Hall–Kier alpha value is -2.09. The smallest absolute Gasteiger partial charge is 0.262 e. The highest BCUT2D eigenvalue weighted by atomic mass is 35.5. The average molecular weight is 423 g/mol. The van der Waals surface area contributed by atoms with Gasteiger partial charge in [-0.05, 0) is 17.5 Å². The first kappa shape index (κ1) is 20.6. The van der Waals surface area contributed by atoms with E-state index in [0.717, 1.165) is 18.4 Å². The third-order valence-electron chi connectivity index (χ3n) is 4.92. The molecule has 150 valence electrons. The first-order valence-corrected chi connectivity index (χ1v) is 11.0. The number of halogens is 1. The first-order chi connectivity index (χ1) is 13.4. The molecule has 8 heteroatoms. The Labute approximate surface area is 170 Å². The number of benzene rings is 2. The fourth-order valence-electron chi connectivity index (χ4n) is 3.37. The maximum atomic E-state index is 13.2. The lowest BCUT2D eigenvalue weighted by Gasteiger charge is -2.27. The van der Waals surface area contributed by atoms with E-state index in [1.165, 1.54) is 12.1 Å². The van der Waals surface area contributed by atoms with E-state index in [4.69, 9.17) is 16.3 Å². The van der Waals surface area contributed by atoms with Crippen LogP contribution in [0.5, 0.6) is 5.75 Å². The standard InChI is InChI=1S/C20H23ClN2O4S/c1-3-13(4-2)20(14-8-6-5-7-9-14)23-28(25,26)18-11-17-16(10-15(18)21)22-19(24)12-27-17/h5-11,13,20,23H,3-4,12H2,1-2H3,(H,22,24). The minimum atomic E-state index is -3.93. The zero-order valence-corrected chi connectivity index (χ0v) is 17.3. The van der Waals surface area contributed by atoms with Gasteiger partial charge in [0.05, 0.1) is 10.7 Å². The van der Waals surface area contributed by atoms with Crippen LogP contribution in [-0.4, -0.2) is 20.9 Å². The number of nitrogens with one attached hydrogen (secondary N) is 2. The zero-order chi connectivity index (χ0) is 20.3. The van der Waals surface area contributed by atoms with Gasteiger partial charge in [0.2, 0.25) is 10.0 Å². The summed E-state index contributed by atoms with van der Waals surface area (Å²) in [4.78, 5) is 11.4. The van der Waals surface area contributed by atoms with E-state index >= 15 is 0 Å². The van der Waals surface area contributed by atoms with Gasteiger partial charge in [-0.25, -0.2) is 13.1 Å². The van der Waals surface area contributed by atoms with Crippen LogP contribution in [-0.2, 0) is 14.8 Å². The second-order valence-electron chi connectivity index (χ2n) is 6.70. The van der Waals surface area contributed by atoms with Crippen LogP contribution in [0.15, 0.2) is 47.4 Å². The van der Waals surface area contributed by atoms with Gasteiger partial charge in [-0.3, -0.25) is 4.79 Å². The van der Waals surface area contributed by atoms with Crippen LogP contribution in [0.3, 0.4) is 0 Å². The van der Waals surface area contributed by atoms with Crippen molar-refractivity contribution in [3.8, 4) is 5.75 Å². The zero-order valence-electron chi connectivity index (χ0n) is 15.7. The van der Waals surface area contributed by atoms with Gasteiger partial charge in [-0.1, -0.05) is 68.6 Å². The number of hydrogen-bond donors (Lipinski definition) is 2. The number of carbonyl (C=O) groups excluding carboxylic acids is 1. The SMILES string of the molecule is CCC(CC)C(NS(=O)(=O)c1cc2c(cc1Cl)NC(=O)CO2)c1ccccc1. The molecule has 0 bridgehead atoms. The molecule has 0 radical (unpaired) electrons. The van der Waals surface area contributed by atoms with Crippen molar-refractivity contribution in [2.45, 2.75) is 37.6 Å². The third-order valence-corrected chi connectivity index (χ3v) is 6.82. The topological polar surface area (TPSA) is 84.5 Å². The molecule has 28 heavy (non-hydrogen) atoms. The van der Waals surface area contributed by atoms with Gasteiger partial charge in [0.25, 0.3) is 5.91 Å². The van der Waals surface area contributed by atoms with Crippen molar-refractivity contribution >= 4 is 33.2 Å². The van der Waals surface area contributed by atoms with E-state index in [9.17, 15) is 13.2 Å². The Morgan fingerprint density at radius 1 is 1.18 bits per heavy atom. The summed E-state index contributed by atoms with van der Waals surface area (Å²) in [6.45, 7) is 3.92. The van der Waals surface area contributed by atoms with Crippen LogP contribution in [0.25, 0.3) is 0 Å². The maximum absolute atomic E-state index is 13.2. The van der Waals surface area contributed by atoms with E-state index in [1.807, 2.05) is 44.2 Å². The Balaban J connectivity index is 1.98. The van der Waals surface area contributed by atoms with Gasteiger partial charge in [-0.2, -0.15) is 0 Å². The molecular weight excluding hydrogens is 400 g/mol. The summed E-state index contributed by atoms with van der Waals surface area (Å²) in [5.74, 6) is 0.0995. The van der Waals surface area contributed by atoms with E-state index < -0.39 is 10.0 Å². The lowest BCUT2D eigenvalue weighted by molar-refractivity contribution is -0.118. The molecule has 2 aromatic rings. The Morgan fingerprint density at radius 3 is 2.50 bits per heavy atom. The van der Waals surface area contributed by atoms with Crippen LogP contribution >= 0.6 is 11.6 Å². The number of carbonyl (C=O) groups is 1. The second kappa shape index (κ2) is 8.51. The van der Waals surface area contributed by atoms with Crippen LogP contribution in [0.2, 0.25) is 5.02 Å². The minimum absolute atomic E-state index is 0.0217. The number of sulfonamides is 1. The van der Waals surface area contributed by atoms with Crippen molar-refractivity contribution in [3.05, 3.63) is 53.1 Å². The van der Waals surface area contributed by atoms with Crippen molar-refractivity contribution in [2.75, 3.05) is 11.9 Å². The number of hydrogen-bond acceptors (Lipinski definition) is 4. The lowest BCUT2D eigenvalue weighted by atomic mass is 9.90. The molecule has 1 unspecified atom stereocenters. The summed E-state index contributed by atoms with van der Waals surface area (Å²) in [5, 5.41) is 2.64. The molecule has 0 spiro atoms. The molecule has 3 rings (SSSR count). The summed E-state index contributed by atoms with van der Waals surface area (Å²) < 4.78 is 34.5. The van der Waals surface area contributed by atoms with E-state index in [-0.39, 0.29) is 40.1 Å². The summed E-state index contributed by atoms with van der Waals surface area (Å²) in [6, 6.07) is 11.9. The van der Waals surface area contributed by atoms with Crippen LogP contribution in [0.1, 0.15) is 38.3 Å². The fourth-order valence-corrected chi connectivity index (χ4v) is 5.21. The first-order valence-electron chi connectivity index (χ1n) is 9.19. The van der Waals surface area contributed by atoms with Crippen LogP contribution < -0.4 is 14.8 Å². The van der Waals surface area contributed by atoms with E-state index in [1.54, 1.807) is 0 Å². The molecule has 1 aliphatic rings. The molecule has 6 nitrogen and oxygen atoms in total. The van der Waals surface area contributed by atoms with Gasteiger partial charge < -0.3 is 10.1 Å². The number of anilines is 1. The Kier molecular flexibility index (Phi) is 6.27. The second-order valence-corrected chi connectivity index (χ2v) is 8.79. The summed E-state index contributed by atoms with van der Waals surface area (Å²) in [7, 11) is -3.93. The highest BCUT2D eigenvalue weighted by Crippen LogP contribution is 2.37. The van der Waals surface area contributed by atoms with Crippen molar-refractivity contribution in [1.82, 2.24) is 4.72 Å². The molecule has 0 saturated carbocycles. The Morgan fingerprint density at radius 2 is 1.86 bits per heavy atom. The molecule has 2 N–H and O–H groups in total. The van der Waals surface area contributed by atoms with Crippen molar-refractivity contribution in [2.24, 2.45) is 5.92 Å². The van der Waals surface area contributed by atoms with Gasteiger partial charge in [0.15, 0.2) is 6.61 Å². The van der Waals surface area contributed by atoms with Gasteiger partial charge in [-0.15, -0.1) is 0 Å². The largest absolute Gasteiger partial charge is 0.482 e. The highest BCUT2D eigenvalue weighted by molar-refractivity contribution is 7.89. The lowest BCUT2D eigenvalue weighted by Crippen LogP contribution is -2.33. The monoisotopic (exact) mass is 422 g/mol. The van der Waals surface area contributed by atoms with Crippen molar-refractivity contribution < 1.29 is 17.9 Å². The van der Waals surface area contributed by atoms with Gasteiger partial charge in [0.1, 0.15) is 10.6 Å². The number of rotatable bonds is 7. The summed E-state index contributed by atoms with van der Waals surface area (Å²) >= 11 is 6.24. The Bertz CT molecular complexity index is 960. The summed E-state index contributed by atoms with van der Waals surface area (Å²) in [6.07, 6.45) is 1.65. The maximum Gasteiger partial charge on any atom is 0.262 e. The molecule has 1 aliphatic heterocycles. The molecule has 0 fully saturated rings. The molecule has 1 atom stereocenters. The minimum Gasteiger partial charge on any atom is -0.482 e.